The molecule has 0 aliphatic carbocycles. The molecule has 1 heterocycles. The number of rotatable bonds is 7. The van der Waals surface area contributed by atoms with Gasteiger partial charge in [-0.25, -0.2) is 13.1 Å². The first kappa shape index (κ1) is 20.7. The van der Waals surface area contributed by atoms with Gasteiger partial charge in [-0.2, -0.15) is 0 Å². The van der Waals surface area contributed by atoms with Gasteiger partial charge in [0, 0.05) is 12.4 Å². The number of pyridine rings is 1. The Morgan fingerprint density at radius 3 is 2.52 bits per heavy atom. The van der Waals surface area contributed by atoms with E-state index in [1.165, 1.54) is 6.07 Å². The van der Waals surface area contributed by atoms with E-state index < -0.39 is 22.0 Å². The van der Waals surface area contributed by atoms with Crippen molar-refractivity contribution in [3.05, 3.63) is 83.7 Å². The van der Waals surface area contributed by atoms with Gasteiger partial charge in [-0.1, -0.05) is 36.4 Å². The van der Waals surface area contributed by atoms with Crippen molar-refractivity contribution in [1.29, 1.82) is 0 Å². The molecule has 0 saturated heterocycles. The van der Waals surface area contributed by atoms with Crippen LogP contribution in [0.15, 0.2) is 71.9 Å². The molecule has 0 aliphatic rings. The van der Waals surface area contributed by atoms with Gasteiger partial charge in [-0.05, 0) is 59.9 Å². The van der Waals surface area contributed by atoms with Crippen molar-refractivity contribution in [3.63, 3.8) is 0 Å². The van der Waals surface area contributed by atoms with Crippen LogP contribution in [0.25, 0.3) is 11.1 Å². The summed E-state index contributed by atoms with van der Waals surface area (Å²) in [6.45, 7) is 3.64. The minimum atomic E-state index is -3.89. The first-order valence-corrected chi connectivity index (χ1v) is 10.6. The SMILES string of the molecule is Cc1cnccc1-c1cccc([C@H](CC(=O)O)NS(=O)(=O)c2ccccc2C)c1. The van der Waals surface area contributed by atoms with E-state index in [-0.39, 0.29) is 11.3 Å². The third kappa shape index (κ3) is 4.88. The fourth-order valence-electron chi connectivity index (χ4n) is 3.23. The molecule has 150 valence electrons. The van der Waals surface area contributed by atoms with Crippen molar-refractivity contribution >= 4 is 16.0 Å². The lowest BCUT2D eigenvalue weighted by Gasteiger charge is -2.19. The molecular formula is C22H22N2O4S. The fourth-order valence-corrected chi connectivity index (χ4v) is 4.70. The van der Waals surface area contributed by atoms with Crippen molar-refractivity contribution in [3.8, 4) is 11.1 Å². The lowest BCUT2D eigenvalue weighted by Crippen LogP contribution is -2.30. The van der Waals surface area contributed by atoms with Crippen LogP contribution in [0.2, 0.25) is 0 Å². The molecular weight excluding hydrogens is 388 g/mol. The highest BCUT2D eigenvalue weighted by Crippen LogP contribution is 2.28. The van der Waals surface area contributed by atoms with Gasteiger partial charge in [0.15, 0.2) is 0 Å². The molecule has 2 aromatic carbocycles. The third-order valence-electron chi connectivity index (χ3n) is 4.68. The van der Waals surface area contributed by atoms with Crippen LogP contribution in [0.4, 0.5) is 0 Å². The van der Waals surface area contributed by atoms with E-state index in [0.29, 0.717) is 11.1 Å². The monoisotopic (exact) mass is 410 g/mol. The highest BCUT2D eigenvalue weighted by atomic mass is 32.2. The number of hydrogen-bond acceptors (Lipinski definition) is 4. The molecule has 0 spiro atoms. The first-order valence-electron chi connectivity index (χ1n) is 9.08. The molecule has 6 nitrogen and oxygen atoms in total. The largest absolute Gasteiger partial charge is 0.481 e. The maximum absolute atomic E-state index is 12.9. The second kappa shape index (κ2) is 8.55. The normalized spacial score (nSPS) is 12.5. The zero-order valence-electron chi connectivity index (χ0n) is 16.2. The lowest BCUT2D eigenvalue weighted by atomic mass is 9.97. The number of nitrogens with one attached hydrogen (secondary N) is 1. The number of carboxylic acid groups (broad SMARTS) is 1. The van der Waals surface area contributed by atoms with E-state index in [9.17, 15) is 18.3 Å². The quantitative estimate of drug-likeness (QED) is 0.617. The number of aromatic nitrogens is 1. The summed E-state index contributed by atoms with van der Waals surface area (Å²) in [6, 6.07) is 14.8. The Labute approximate surface area is 170 Å². The minimum Gasteiger partial charge on any atom is -0.481 e. The van der Waals surface area contributed by atoms with Gasteiger partial charge < -0.3 is 5.11 Å². The van der Waals surface area contributed by atoms with Crippen molar-refractivity contribution in [1.82, 2.24) is 9.71 Å². The maximum Gasteiger partial charge on any atom is 0.305 e. The smallest absolute Gasteiger partial charge is 0.305 e. The Balaban J connectivity index is 2.00. The number of aryl methyl sites for hydroxylation is 2. The first-order chi connectivity index (χ1) is 13.8. The summed E-state index contributed by atoms with van der Waals surface area (Å²) in [7, 11) is -3.89. The van der Waals surface area contributed by atoms with Gasteiger partial charge in [-0.3, -0.25) is 9.78 Å². The van der Waals surface area contributed by atoms with Crippen LogP contribution in [0.1, 0.15) is 29.2 Å². The summed E-state index contributed by atoms with van der Waals surface area (Å²) in [5.74, 6) is -1.09. The van der Waals surface area contributed by atoms with Crippen LogP contribution in [0, 0.1) is 13.8 Å². The molecule has 0 saturated carbocycles. The Morgan fingerprint density at radius 2 is 1.83 bits per heavy atom. The molecule has 2 N–H and O–H groups in total. The third-order valence-corrected chi connectivity index (χ3v) is 6.31. The number of carboxylic acids is 1. The summed E-state index contributed by atoms with van der Waals surface area (Å²) in [6.07, 6.45) is 3.06. The molecule has 7 heteroatoms. The molecule has 0 unspecified atom stereocenters. The predicted octanol–water partition coefficient (Wildman–Crippen LogP) is 3.86. The van der Waals surface area contributed by atoms with Crippen LogP contribution in [-0.4, -0.2) is 24.5 Å². The molecule has 1 atom stereocenters. The highest BCUT2D eigenvalue weighted by molar-refractivity contribution is 7.89. The lowest BCUT2D eigenvalue weighted by molar-refractivity contribution is -0.137. The zero-order valence-corrected chi connectivity index (χ0v) is 17.0. The Hall–Kier alpha value is -3.03. The fraction of sp³-hybridized carbons (Fsp3) is 0.182. The predicted molar refractivity (Wildman–Crippen MR) is 111 cm³/mol. The highest BCUT2D eigenvalue weighted by Gasteiger charge is 2.25. The Bertz CT molecular complexity index is 1140. The average molecular weight is 410 g/mol. The van der Waals surface area contributed by atoms with Gasteiger partial charge in [0.05, 0.1) is 17.4 Å². The van der Waals surface area contributed by atoms with E-state index in [1.807, 2.05) is 25.1 Å². The number of aliphatic carboxylic acids is 1. The molecule has 0 aliphatic heterocycles. The summed E-state index contributed by atoms with van der Waals surface area (Å²) in [5.41, 5.74) is 3.97. The zero-order chi connectivity index (χ0) is 21.0. The minimum absolute atomic E-state index is 0.136. The number of hydrogen-bond donors (Lipinski definition) is 2. The molecule has 1 aromatic heterocycles. The molecule has 3 rings (SSSR count). The number of benzene rings is 2. The summed E-state index contributed by atoms with van der Waals surface area (Å²) in [4.78, 5) is 15.7. The molecule has 0 radical (unpaired) electrons. The van der Waals surface area contributed by atoms with Gasteiger partial charge in [-0.15, -0.1) is 0 Å². The second-order valence-electron chi connectivity index (χ2n) is 6.85. The summed E-state index contributed by atoms with van der Waals surface area (Å²) in [5, 5.41) is 9.35. The van der Waals surface area contributed by atoms with E-state index in [1.54, 1.807) is 49.6 Å². The number of carbonyl (C=O) groups is 1. The maximum atomic E-state index is 12.9. The van der Waals surface area contributed by atoms with E-state index >= 15 is 0 Å². The Morgan fingerprint density at radius 1 is 1.07 bits per heavy atom. The van der Waals surface area contributed by atoms with Crippen molar-refractivity contribution in [2.75, 3.05) is 0 Å². The van der Waals surface area contributed by atoms with Crippen molar-refractivity contribution < 1.29 is 18.3 Å². The Kier molecular flexibility index (Phi) is 6.10. The van der Waals surface area contributed by atoms with Crippen LogP contribution in [0.3, 0.4) is 0 Å². The molecule has 3 aromatic rings. The van der Waals surface area contributed by atoms with Gasteiger partial charge in [0.1, 0.15) is 0 Å². The molecule has 0 amide bonds. The van der Waals surface area contributed by atoms with Gasteiger partial charge >= 0.3 is 5.97 Å². The topological polar surface area (TPSA) is 96.4 Å². The van der Waals surface area contributed by atoms with Crippen LogP contribution >= 0.6 is 0 Å². The molecule has 29 heavy (non-hydrogen) atoms. The average Bonchev–Trinajstić information content (AvgIpc) is 2.67. The van der Waals surface area contributed by atoms with Crippen LogP contribution in [0.5, 0.6) is 0 Å². The van der Waals surface area contributed by atoms with E-state index in [2.05, 4.69) is 9.71 Å². The van der Waals surface area contributed by atoms with Crippen molar-refractivity contribution in [2.24, 2.45) is 0 Å². The standard InChI is InChI=1S/C22H22N2O4S/c1-15-6-3-4-9-21(15)29(27,28)24-20(13-22(25)26)18-8-5-7-17(12-18)19-10-11-23-14-16(19)2/h3-12,14,20,24H,13H2,1-2H3,(H,25,26)/t20-/m0/s1. The van der Waals surface area contributed by atoms with E-state index in [0.717, 1.165) is 16.7 Å². The van der Waals surface area contributed by atoms with Gasteiger partial charge in [0.25, 0.3) is 0 Å². The van der Waals surface area contributed by atoms with E-state index in [4.69, 9.17) is 0 Å². The number of nitrogens with zero attached hydrogens (tertiary/aromatic N) is 1. The number of sulfonamides is 1. The van der Waals surface area contributed by atoms with Crippen LogP contribution < -0.4 is 4.72 Å². The van der Waals surface area contributed by atoms with Gasteiger partial charge in [0.2, 0.25) is 10.0 Å². The second-order valence-corrected chi connectivity index (χ2v) is 8.54. The molecule has 0 bridgehead atoms. The summed E-state index contributed by atoms with van der Waals surface area (Å²) < 4.78 is 28.4. The molecule has 0 fully saturated rings. The van der Waals surface area contributed by atoms with Crippen molar-refractivity contribution in [2.45, 2.75) is 31.2 Å². The summed E-state index contributed by atoms with van der Waals surface area (Å²) >= 11 is 0. The van der Waals surface area contributed by atoms with Crippen LogP contribution in [-0.2, 0) is 14.8 Å².